The Morgan fingerprint density at radius 2 is 2.00 bits per heavy atom. The molecule has 4 heterocycles. The maximum Gasteiger partial charge on any atom is 0.254 e. The molecule has 0 spiro atoms. The highest BCUT2D eigenvalue weighted by molar-refractivity contribution is 5.98. The van der Waals surface area contributed by atoms with Gasteiger partial charge in [0.25, 0.3) is 5.91 Å². The molecule has 4 aliphatic heterocycles. The second kappa shape index (κ2) is 7.77. The summed E-state index contributed by atoms with van der Waals surface area (Å²) < 4.78 is 0. The Morgan fingerprint density at radius 3 is 2.90 bits per heavy atom. The van der Waals surface area contributed by atoms with Gasteiger partial charge in [-0.1, -0.05) is 36.3 Å². The van der Waals surface area contributed by atoms with Gasteiger partial charge in [-0.25, -0.2) is 0 Å². The summed E-state index contributed by atoms with van der Waals surface area (Å²) in [5.74, 6) is 1.59. The summed E-state index contributed by atoms with van der Waals surface area (Å²) in [4.78, 5) is 32.8. The Labute approximate surface area is 185 Å². The maximum atomic E-state index is 13.4. The number of carbonyl (C=O) groups is 2. The number of fused-ring (bicyclic) bond motifs is 7. The minimum absolute atomic E-state index is 0.0755. The Morgan fingerprint density at radius 1 is 1.10 bits per heavy atom. The zero-order valence-electron chi connectivity index (χ0n) is 18.3. The smallest absolute Gasteiger partial charge is 0.254 e. The molecule has 3 saturated heterocycles. The van der Waals surface area contributed by atoms with Gasteiger partial charge >= 0.3 is 0 Å². The summed E-state index contributed by atoms with van der Waals surface area (Å²) in [6.07, 6.45) is 10.5. The van der Waals surface area contributed by atoms with E-state index in [9.17, 15) is 9.59 Å². The van der Waals surface area contributed by atoms with Crippen molar-refractivity contribution in [1.29, 1.82) is 0 Å². The van der Waals surface area contributed by atoms with Gasteiger partial charge < -0.3 is 9.80 Å². The quantitative estimate of drug-likeness (QED) is 0.705. The van der Waals surface area contributed by atoms with E-state index in [2.05, 4.69) is 15.9 Å². The van der Waals surface area contributed by atoms with Crippen molar-refractivity contribution >= 4 is 11.8 Å². The van der Waals surface area contributed by atoms with Crippen LogP contribution < -0.4 is 0 Å². The first-order valence-electron chi connectivity index (χ1n) is 12.3. The van der Waals surface area contributed by atoms with Gasteiger partial charge in [0.15, 0.2) is 0 Å². The first-order chi connectivity index (χ1) is 15.2. The molecule has 164 valence electrons. The Bertz CT molecular complexity index is 925. The number of carbonyl (C=O) groups excluding carboxylic acids is 2. The highest BCUT2D eigenvalue weighted by Gasteiger charge is 2.46. The van der Waals surface area contributed by atoms with E-state index < -0.39 is 0 Å². The minimum atomic E-state index is 0.0755. The zero-order chi connectivity index (χ0) is 20.9. The fourth-order valence-corrected chi connectivity index (χ4v) is 7.12. The molecule has 1 aromatic carbocycles. The van der Waals surface area contributed by atoms with Crippen LogP contribution in [0.15, 0.2) is 35.9 Å². The molecule has 5 aliphatic rings. The molecule has 2 bridgehead atoms. The molecule has 1 aromatic rings. The van der Waals surface area contributed by atoms with E-state index in [1.165, 1.54) is 37.8 Å². The van der Waals surface area contributed by atoms with Crippen molar-refractivity contribution in [3.05, 3.63) is 47.0 Å². The Hall–Kier alpha value is -2.14. The summed E-state index contributed by atoms with van der Waals surface area (Å²) in [5.41, 5.74) is 3.42. The van der Waals surface area contributed by atoms with Crippen LogP contribution in [0.5, 0.6) is 0 Å². The van der Waals surface area contributed by atoms with Gasteiger partial charge in [-0.3, -0.25) is 14.5 Å². The van der Waals surface area contributed by atoms with E-state index in [1.807, 2.05) is 29.2 Å². The van der Waals surface area contributed by atoms with Gasteiger partial charge in [0.2, 0.25) is 5.91 Å². The number of amides is 2. The first-order valence-corrected chi connectivity index (χ1v) is 12.3. The lowest BCUT2D eigenvalue weighted by molar-refractivity contribution is -0.136. The molecule has 0 aromatic heterocycles. The molecule has 3 fully saturated rings. The summed E-state index contributed by atoms with van der Waals surface area (Å²) in [6, 6.07) is 8.86. The Balaban J connectivity index is 1.15. The van der Waals surface area contributed by atoms with Crippen molar-refractivity contribution in [2.75, 3.05) is 26.2 Å². The predicted octanol–water partition coefficient (Wildman–Crippen LogP) is 3.45. The molecule has 0 N–H and O–H groups in total. The highest BCUT2D eigenvalue weighted by atomic mass is 16.2. The van der Waals surface area contributed by atoms with Crippen molar-refractivity contribution < 1.29 is 9.59 Å². The van der Waals surface area contributed by atoms with Gasteiger partial charge in [0.1, 0.15) is 0 Å². The standard InChI is InChI=1S/C26H33N3O2/c30-24(10-13-28-16-19-6-1-2-8-22(19)26(28)31)29-12-5-7-18-14-20-15-21(25(18)29)17-27-11-4-3-9-23(20)27/h1-2,6,8,14,20-21,23,25H,3-5,7,9-13,15-17H2/t20-,21+,23-,25+/m1/s1. The second-order valence-corrected chi connectivity index (χ2v) is 10.2. The van der Waals surface area contributed by atoms with E-state index in [-0.39, 0.29) is 11.8 Å². The van der Waals surface area contributed by atoms with Gasteiger partial charge in [-0.05, 0) is 62.1 Å². The molecule has 1 aliphatic carbocycles. The van der Waals surface area contributed by atoms with E-state index >= 15 is 0 Å². The number of rotatable bonds is 3. The third-order valence-electron chi connectivity index (χ3n) is 8.47. The fourth-order valence-electron chi connectivity index (χ4n) is 7.12. The number of hydrogen-bond donors (Lipinski definition) is 0. The monoisotopic (exact) mass is 419 g/mol. The van der Waals surface area contributed by atoms with Crippen LogP contribution in [0, 0.1) is 11.8 Å². The molecule has 4 atom stereocenters. The van der Waals surface area contributed by atoms with Gasteiger partial charge in [0, 0.05) is 44.2 Å². The predicted molar refractivity (Wildman–Crippen MR) is 119 cm³/mol. The van der Waals surface area contributed by atoms with Crippen LogP contribution in [-0.4, -0.2) is 64.8 Å². The third-order valence-corrected chi connectivity index (χ3v) is 8.47. The second-order valence-electron chi connectivity index (χ2n) is 10.2. The molecule has 31 heavy (non-hydrogen) atoms. The lowest BCUT2D eigenvalue weighted by Gasteiger charge is -2.54. The van der Waals surface area contributed by atoms with Crippen LogP contribution in [0.25, 0.3) is 0 Å². The third kappa shape index (κ3) is 3.32. The summed E-state index contributed by atoms with van der Waals surface area (Å²) in [7, 11) is 0. The molecule has 0 radical (unpaired) electrons. The summed E-state index contributed by atoms with van der Waals surface area (Å²) in [6.45, 7) is 4.43. The molecular weight excluding hydrogens is 386 g/mol. The van der Waals surface area contributed by atoms with Crippen molar-refractivity contribution in [3.63, 3.8) is 0 Å². The largest absolute Gasteiger partial charge is 0.336 e. The molecule has 0 unspecified atom stereocenters. The number of nitrogens with zero attached hydrogens (tertiary/aromatic N) is 3. The highest BCUT2D eigenvalue weighted by Crippen LogP contribution is 2.45. The molecular formula is C26H33N3O2. The maximum absolute atomic E-state index is 13.4. The van der Waals surface area contributed by atoms with Crippen molar-refractivity contribution in [2.24, 2.45) is 11.8 Å². The molecule has 6 rings (SSSR count). The van der Waals surface area contributed by atoms with E-state index in [1.54, 1.807) is 0 Å². The normalized spacial score (nSPS) is 32.3. The van der Waals surface area contributed by atoms with Crippen LogP contribution in [0.4, 0.5) is 0 Å². The van der Waals surface area contributed by atoms with Crippen molar-refractivity contribution in [1.82, 2.24) is 14.7 Å². The summed E-state index contributed by atoms with van der Waals surface area (Å²) in [5, 5.41) is 0. The lowest BCUT2D eigenvalue weighted by Crippen LogP contribution is -2.60. The van der Waals surface area contributed by atoms with E-state index in [0.29, 0.717) is 37.4 Å². The summed E-state index contributed by atoms with van der Waals surface area (Å²) >= 11 is 0. The lowest BCUT2D eigenvalue weighted by atomic mass is 9.68. The van der Waals surface area contributed by atoms with Crippen LogP contribution in [0.2, 0.25) is 0 Å². The first kappa shape index (κ1) is 19.5. The van der Waals surface area contributed by atoms with Crippen LogP contribution in [0.3, 0.4) is 0 Å². The van der Waals surface area contributed by atoms with Gasteiger partial charge in [-0.2, -0.15) is 0 Å². The van der Waals surface area contributed by atoms with Crippen LogP contribution in [-0.2, 0) is 11.3 Å². The van der Waals surface area contributed by atoms with Crippen molar-refractivity contribution in [3.8, 4) is 0 Å². The van der Waals surface area contributed by atoms with Crippen molar-refractivity contribution in [2.45, 2.75) is 63.6 Å². The molecule has 0 saturated carbocycles. The topological polar surface area (TPSA) is 43.9 Å². The number of piperidine rings is 3. The van der Waals surface area contributed by atoms with Gasteiger partial charge in [0.05, 0.1) is 6.04 Å². The number of likely N-dealkylation sites (tertiary alicyclic amines) is 1. The average Bonchev–Trinajstić information content (AvgIpc) is 3.13. The Kier molecular flexibility index (Phi) is 4.90. The van der Waals surface area contributed by atoms with Gasteiger partial charge in [-0.15, -0.1) is 0 Å². The molecule has 5 nitrogen and oxygen atoms in total. The van der Waals surface area contributed by atoms with E-state index in [0.717, 1.165) is 43.1 Å². The zero-order valence-corrected chi connectivity index (χ0v) is 18.3. The van der Waals surface area contributed by atoms with Crippen LogP contribution >= 0.6 is 0 Å². The molecule has 2 amide bonds. The number of benzene rings is 1. The number of hydrogen-bond acceptors (Lipinski definition) is 3. The van der Waals surface area contributed by atoms with Crippen LogP contribution in [0.1, 0.15) is 60.9 Å². The SMILES string of the molecule is O=C1c2ccccc2CN1CCC(=O)N1CCCC2=C[C@@H]3C[C@@H](CN4CCCC[C@H]34)[C@H]21. The minimum Gasteiger partial charge on any atom is -0.336 e. The fraction of sp³-hybridized carbons (Fsp3) is 0.615. The van der Waals surface area contributed by atoms with E-state index in [4.69, 9.17) is 0 Å². The molecule has 5 heteroatoms. The average molecular weight is 420 g/mol.